The minimum absolute atomic E-state index is 0.182. The van der Waals surface area contributed by atoms with Crippen molar-refractivity contribution in [2.75, 3.05) is 4.90 Å². The summed E-state index contributed by atoms with van der Waals surface area (Å²) in [4.78, 5) is 16.3. The maximum Gasteiger partial charge on any atom is 0.259 e. The molecule has 6 heteroatoms. The van der Waals surface area contributed by atoms with Gasteiger partial charge < -0.3 is 15.1 Å². The number of para-hydroxylation sites is 1. The van der Waals surface area contributed by atoms with Crippen molar-refractivity contribution >= 4 is 28.8 Å². The number of thiocarbonyl (C=S) groups is 1. The van der Waals surface area contributed by atoms with Crippen molar-refractivity contribution in [3.63, 3.8) is 0 Å². The predicted octanol–water partition coefficient (Wildman–Crippen LogP) is 3.02. The number of rotatable bonds is 3. The van der Waals surface area contributed by atoms with Crippen LogP contribution in [-0.4, -0.2) is 31.7 Å². The summed E-state index contributed by atoms with van der Waals surface area (Å²) in [6, 6.07) is 25.3. The largest absolute Gasteiger partial charge is 0.362 e. The molecular weight excluding hydrogens is 384 g/mol. The summed E-state index contributed by atoms with van der Waals surface area (Å²) in [5.74, 6) is -0.563. The van der Waals surface area contributed by atoms with E-state index in [-0.39, 0.29) is 11.7 Å². The minimum atomic E-state index is -2.24. The fraction of sp³-hybridized carbons (Fsp3) is 0.130. The number of Topliss-reactive ketones (excluding diaryl/α,β-unsaturated/α-hetero) is 1. The van der Waals surface area contributed by atoms with E-state index in [9.17, 15) is 15.0 Å². The Labute approximate surface area is 173 Å². The molecular formula is C23H18N2O3S. The molecule has 2 aliphatic rings. The Morgan fingerprint density at radius 3 is 2.07 bits per heavy atom. The van der Waals surface area contributed by atoms with Gasteiger partial charge >= 0.3 is 0 Å². The number of fused-ring (bicyclic) bond motifs is 3. The molecule has 2 N–H and O–H groups in total. The molecule has 0 spiro atoms. The van der Waals surface area contributed by atoms with Gasteiger partial charge in [-0.25, -0.2) is 0 Å². The third-order valence-corrected chi connectivity index (χ3v) is 6.09. The number of aliphatic hydroxyl groups is 2. The van der Waals surface area contributed by atoms with Crippen LogP contribution in [0.4, 0.5) is 5.69 Å². The maximum absolute atomic E-state index is 13.4. The normalized spacial score (nSPS) is 25.3. The van der Waals surface area contributed by atoms with Gasteiger partial charge in [-0.3, -0.25) is 9.69 Å². The number of carbonyl (C=O) groups is 1. The molecule has 0 unspecified atom stereocenters. The van der Waals surface area contributed by atoms with E-state index < -0.39 is 17.2 Å². The van der Waals surface area contributed by atoms with Gasteiger partial charge in [-0.05, 0) is 29.9 Å². The highest BCUT2D eigenvalue weighted by Crippen LogP contribution is 2.54. The summed E-state index contributed by atoms with van der Waals surface area (Å²) in [5, 5.41) is 24.0. The monoisotopic (exact) mass is 402 g/mol. The van der Waals surface area contributed by atoms with Crippen LogP contribution in [0.1, 0.15) is 21.5 Å². The van der Waals surface area contributed by atoms with Gasteiger partial charge in [0.15, 0.2) is 5.11 Å². The molecule has 0 amide bonds. The van der Waals surface area contributed by atoms with Crippen LogP contribution in [0.2, 0.25) is 0 Å². The molecule has 1 saturated heterocycles. The zero-order chi connectivity index (χ0) is 20.2. The molecule has 5 rings (SSSR count). The van der Waals surface area contributed by atoms with Crippen molar-refractivity contribution in [3.8, 4) is 0 Å². The van der Waals surface area contributed by atoms with Crippen LogP contribution >= 0.6 is 12.2 Å². The van der Waals surface area contributed by atoms with E-state index in [1.165, 1.54) is 9.80 Å². The van der Waals surface area contributed by atoms with Crippen LogP contribution in [0, 0.1) is 0 Å². The van der Waals surface area contributed by atoms with Crippen LogP contribution < -0.4 is 4.90 Å². The molecule has 3 aromatic rings. The fourth-order valence-corrected chi connectivity index (χ4v) is 4.76. The first kappa shape index (κ1) is 18.0. The number of ketones is 1. The van der Waals surface area contributed by atoms with Gasteiger partial charge in [-0.15, -0.1) is 0 Å². The van der Waals surface area contributed by atoms with Crippen LogP contribution in [0.3, 0.4) is 0 Å². The minimum Gasteiger partial charge on any atom is -0.362 e. The number of hydrogen-bond acceptors (Lipinski definition) is 4. The molecule has 2 atom stereocenters. The smallest absolute Gasteiger partial charge is 0.259 e. The van der Waals surface area contributed by atoms with Crippen LogP contribution in [0.25, 0.3) is 0 Å². The molecule has 29 heavy (non-hydrogen) atoms. The molecule has 5 nitrogen and oxygen atoms in total. The standard InChI is InChI=1S/C23H18N2O3S/c26-20-18-13-7-8-14-19(18)22(27)23(20,28)24(15-16-9-3-1-4-10-16)21(29)25(22)17-11-5-2-6-12-17/h1-14,27-28H,15H2/t22-,23+/m1/s1. The van der Waals surface area contributed by atoms with Gasteiger partial charge in [0.05, 0.1) is 0 Å². The fourth-order valence-electron chi connectivity index (χ4n) is 4.33. The SMILES string of the molecule is O=C1c2ccccc2[C@]2(O)N(c3ccccc3)C(=S)N(Cc3ccccc3)[C@]12O. The summed E-state index contributed by atoms with van der Waals surface area (Å²) < 4.78 is 0. The molecule has 1 fully saturated rings. The quantitative estimate of drug-likeness (QED) is 0.657. The lowest BCUT2D eigenvalue weighted by atomic mass is 9.97. The third kappa shape index (κ3) is 2.22. The average molecular weight is 402 g/mol. The topological polar surface area (TPSA) is 64.0 Å². The zero-order valence-corrected chi connectivity index (χ0v) is 16.2. The van der Waals surface area contributed by atoms with Gasteiger partial charge in [0.25, 0.3) is 5.72 Å². The Kier molecular flexibility index (Phi) is 3.86. The van der Waals surface area contributed by atoms with E-state index in [0.29, 0.717) is 16.8 Å². The number of benzene rings is 3. The second kappa shape index (κ2) is 6.22. The zero-order valence-electron chi connectivity index (χ0n) is 15.4. The summed E-state index contributed by atoms with van der Waals surface area (Å²) in [6.07, 6.45) is 0. The molecule has 0 aromatic heterocycles. The van der Waals surface area contributed by atoms with Gasteiger partial charge in [-0.2, -0.15) is 0 Å². The van der Waals surface area contributed by atoms with Crippen molar-refractivity contribution < 1.29 is 15.0 Å². The lowest BCUT2D eigenvalue weighted by Gasteiger charge is -2.37. The van der Waals surface area contributed by atoms with Crippen LogP contribution in [0.15, 0.2) is 84.9 Å². The number of carbonyl (C=O) groups excluding carboxylic acids is 1. The number of hydrogen-bond donors (Lipinski definition) is 2. The lowest BCUT2D eigenvalue weighted by Crippen LogP contribution is -2.60. The van der Waals surface area contributed by atoms with Gasteiger partial charge in [0, 0.05) is 23.4 Å². The van der Waals surface area contributed by atoms with Crippen molar-refractivity contribution in [1.82, 2.24) is 4.90 Å². The van der Waals surface area contributed by atoms with E-state index in [1.54, 1.807) is 36.4 Å². The molecule has 0 bridgehead atoms. The molecule has 0 radical (unpaired) electrons. The van der Waals surface area contributed by atoms with E-state index >= 15 is 0 Å². The number of anilines is 1. The molecule has 1 heterocycles. The highest BCUT2D eigenvalue weighted by atomic mass is 32.1. The van der Waals surface area contributed by atoms with Gasteiger partial charge in [-0.1, -0.05) is 72.8 Å². The first-order valence-electron chi connectivity index (χ1n) is 9.29. The summed E-state index contributed by atoms with van der Waals surface area (Å²) in [6.45, 7) is 0.182. The van der Waals surface area contributed by atoms with E-state index in [4.69, 9.17) is 12.2 Å². The first-order valence-corrected chi connectivity index (χ1v) is 9.70. The Morgan fingerprint density at radius 1 is 0.793 bits per heavy atom. The predicted molar refractivity (Wildman–Crippen MR) is 113 cm³/mol. The molecule has 3 aromatic carbocycles. The van der Waals surface area contributed by atoms with E-state index in [2.05, 4.69) is 0 Å². The lowest BCUT2D eigenvalue weighted by molar-refractivity contribution is -0.156. The summed E-state index contributed by atoms with van der Waals surface area (Å²) in [5.41, 5.74) is -2.18. The van der Waals surface area contributed by atoms with Crippen LogP contribution in [-0.2, 0) is 12.3 Å². The molecule has 1 aliphatic carbocycles. The van der Waals surface area contributed by atoms with E-state index in [1.807, 2.05) is 48.5 Å². The Bertz CT molecular complexity index is 1120. The maximum atomic E-state index is 13.4. The second-order valence-electron chi connectivity index (χ2n) is 7.24. The highest BCUT2D eigenvalue weighted by molar-refractivity contribution is 7.80. The molecule has 144 valence electrons. The third-order valence-electron chi connectivity index (χ3n) is 5.68. The Balaban J connectivity index is 1.74. The van der Waals surface area contributed by atoms with Crippen molar-refractivity contribution in [2.45, 2.75) is 18.0 Å². The molecule has 0 saturated carbocycles. The summed E-state index contributed by atoms with van der Waals surface area (Å²) in [7, 11) is 0. The van der Waals surface area contributed by atoms with Crippen molar-refractivity contribution in [3.05, 3.63) is 102 Å². The van der Waals surface area contributed by atoms with Crippen molar-refractivity contribution in [1.29, 1.82) is 0 Å². The second-order valence-corrected chi connectivity index (χ2v) is 7.61. The average Bonchev–Trinajstić information content (AvgIpc) is 3.04. The van der Waals surface area contributed by atoms with E-state index in [0.717, 1.165) is 5.56 Å². The highest BCUT2D eigenvalue weighted by Gasteiger charge is 2.74. The van der Waals surface area contributed by atoms with Crippen molar-refractivity contribution in [2.24, 2.45) is 0 Å². The number of nitrogens with zero attached hydrogens (tertiary/aromatic N) is 2. The first-order chi connectivity index (χ1) is 14.0. The Hall–Kier alpha value is -3.06. The van der Waals surface area contributed by atoms with Gasteiger partial charge in [0.1, 0.15) is 0 Å². The molecule has 1 aliphatic heterocycles. The van der Waals surface area contributed by atoms with Crippen LogP contribution in [0.5, 0.6) is 0 Å². The Morgan fingerprint density at radius 2 is 1.38 bits per heavy atom. The summed E-state index contributed by atoms with van der Waals surface area (Å²) >= 11 is 5.70. The van der Waals surface area contributed by atoms with Gasteiger partial charge in [0.2, 0.25) is 11.5 Å².